The third-order valence-electron chi connectivity index (χ3n) is 2.99. The Morgan fingerprint density at radius 3 is 2.53 bits per heavy atom. The molecule has 1 unspecified atom stereocenters. The molecule has 104 valence electrons. The fourth-order valence-electron chi connectivity index (χ4n) is 1.67. The molecule has 1 aromatic carbocycles. The van der Waals surface area contributed by atoms with Gasteiger partial charge in [-0.1, -0.05) is 26.0 Å². The molecule has 0 radical (unpaired) electrons. The topological polar surface area (TPSA) is 66.4 Å². The van der Waals surface area contributed by atoms with Crippen molar-refractivity contribution in [3.8, 4) is 0 Å². The lowest BCUT2D eigenvalue weighted by Gasteiger charge is -2.10. The first-order chi connectivity index (χ1) is 8.90. The molecule has 2 N–H and O–H groups in total. The Labute approximate surface area is 113 Å². The van der Waals surface area contributed by atoms with Crippen molar-refractivity contribution in [1.82, 2.24) is 0 Å². The van der Waals surface area contributed by atoms with Gasteiger partial charge < -0.3 is 10.4 Å². The number of amides is 1. The van der Waals surface area contributed by atoms with Gasteiger partial charge in [-0.2, -0.15) is 0 Å². The van der Waals surface area contributed by atoms with Crippen LogP contribution < -0.4 is 5.32 Å². The van der Waals surface area contributed by atoms with Crippen LogP contribution in [-0.2, 0) is 9.59 Å². The van der Waals surface area contributed by atoms with E-state index in [2.05, 4.69) is 19.2 Å². The summed E-state index contributed by atoms with van der Waals surface area (Å²) in [6.45, 7) is 5.77. The minimum Gasteiger partial charge on any atom is -0.481 e. The zero-order valence-electron chi connectivity index (χ0n) is 11.6. The molecule has 1 atom stereocenters. The molecule has 0 aliphatic heterocycles. The SMILES string of the molecule is CC(C)CCC(=O)Nc1cccc(C(C)C(=O)O)c1. The third-order valence-corrected chi connectivity index (χ3v) is 2.99. The van der Waals surface area contributed by atoms with Crippen molar-refractivity contribution in [2.24, 2.45) is 5.92 Å². The van der Waals surface area contributed by atoms with Crippen molar-refractivity contribution in [3.05, 3.63) is 29.8 Å². The van der Waals surface area contributed by atoms with Crippen molar-refractivity contribution in [3.63, 3.8) is 0 Å². The summed E-state index contributed by atoms with van der Waals surface area (Å²) >= 11 is 0. The number of rotatable bonds is 6. The lowest BCUT2D eigenvalue weighted by molar-refractivity contribution is -0.138. The molecule has 1 amide bonds. The summed E-state index contributed by atoms with van der Waals surface area (Å²) in [6, 6.07) is 6.99. The minimum atomic E-state index is -0.872. The van der Waals surface area contributed by atoms with E-state index in [1.54, 1.807) is 31.2 Å². The number of hydrogen-bond acceptors (Lipinski definition) is 2. The lowest BCUT2D eigenvalue weighted by atomic mass is 10.0. The van der Waals surface area contributed by atoms with Gasteiger partial charge in [-0.05, 0) is 37.0 Å². The zero-order valence-corrected chi connectivity index (χ0v) is 11.6. The van der Waals surface area contributed by atoms with Crippen LogP contribution in [0.25, 0.3) is 0 Å². The van der Waals surface area contributed by atoms with Gasteiger partial charge in [0, 0.05) is 12.1 Å². The van der Waals surface area contributed by atoms with Crippen molar-refractivity contribution >= 4 is 17.6 Å². The van der Waals surface area contributed by atoms with Gasteiger partial charge in [-0.15, -0.1) is 0 Å². The van der Waals surface area contributed by atoms with Gasteiger partial charge in [-0.3, -0.25) is 9.59 Å². The monoisotopic (exact) mass is 263 g/mol. The van der Waals surface area contributed by atoms with Crippen molar-refractivity contribution in [1.29, 1.82) is 0 Å². The highest BCUT2D eigenvalue weighted by Gasteiger charge is 2.14. The number of carbonyl (C=O) groups excluding carboxylic acids is 1. The summed E-state index contributed by atoms with van der Waals surface area (Å²) < 4.78 is 0. The fraction of sp³-hybridized carbons (Fsp3) is 0.467. The Hall–Kier alpha value is -1.84. The van der Waals surface area contributed by atoms with Crippen LogP contribution >= 0.6 is 0 Å². The minimum absolute atomic E-state index is 0.0335. The number of carbonyl (C=O) groups is 2. The molecule has 1 aromatic rings. The summed E-state index contributed by atoms with van der Waals surface area (Å²) in [7, 11) is 0. The number of carboxylic acid groups (broad SMARTS) is 1. The van der Waals surface area contributed by atoms with E-state index < -0.39 is 11.9 Å². The molecule has 4 nitrogen and oxygen atoms in total. The van der Waals surface area contributed by atoms with Crippen LogP contribution in [0.3, 0.4) is 0 Å². The molecule has 0 bridgehead atoms. The summed E-state index contributed by atoms with van der Waals surface area (Å²) in [5, 5.41) is 11.8. The van der Waals surface area contributed by atoms with Crippen LogP contribution in [-0.4, -0.2) is 17.0 Å². The van der Waals surface area contributed by atoms with Gasteiger partial charge in [-0.25, -0.2) is 0 Å². The Morgan fingerprint density at radius 2 is 1.95 bits per heavy atom. The summed E-state index contributed by atoms with van der Waals surface area (Å²) in [4.78, 5) is 22.6. The number of aliphatic carboxylic acids is 1. The van der Waals surface area contributed by atoms with Crippen LogP contribution in [0, 0.1) is 5.92 Å². The van der Waals surface area contributed by atoms with Crippen LogP contribution in [0.15, 0.2) is 24.3 Å². The predicted molar refractivity (Wildman–Crippen MR) is 75.2 cm³/mol. The summed E-state index contributed by atoms with van der Waals surface area (Å²) in [5.74, 6) is -0.992. The number of nitrogens with one attached hydrogen (secondary N) is 1. The molecule has 0 aromatic heterocycles. The average molecular weight is 263 g/mol. The smallest absolute Gasteiger partial charge is 0.310 e. The number of carboxylic acids is 1. The standard InChI is InChI=1S/C15H21NO3/c1-10(2)7-8-14(17)16-13-6-4-5-12(9-13)11(3)15(18)19/h4-6,9-11H,7-8H2,1-3H3,(H,16,17)(H,18,19). The second kappa shape index (κ2) is 6.92. The van der Waals surface area contributed by atoms with Crippen LogP contribution in [0.4, 0.5) is 5.69 Å². The maximum Gasteiger partial charge on any atom is 0.310 e. The van der Waals surface area contributed by atoms with Gasteiger partial charge in [0.2, 0.25) is 5.91 Å². The Morgan fingerprint density at radius 1 is 1.26 bits per heavy atom. The van der Waals surface area contributed by atoms with Crippen LogP contribution in [0.2, 0.25) is 0 Å². The zero-order chi connectivity index (χ0) is 14.4. The van der Waals surface area contributed by atoms with E-state index >= 15 is 0 Å². The lowest BCUT2D eigenvalue weighted by Crippen LogP contribution is -2.13. The van der Waals surface area contributed by atoms with Crippen molar-refractivity contribution < 1.29 is 14.7 Å². The number of anilines is 1. The van der Waals surface area contributed by atoms with E-state index in [1.165, 1.54) is 0 Å². The van der Waals surface area contributed by atoms with E-state index in [0.717, 1.165) is 6.42 Å². The third kappa shape index (κ3) is 5.12. The van der Waals surface area contributed by atoms with Gasteiger partial charge in [0.1, 0.15) is 0 Å². The maximum atomic E-state index is 11.7. The Bertz CT molecular complexity index is 454. The second-order valence-electron chi connectivity index (χ2n) is 5.17. The van der Waals surface area contributed by atoms with E-state index in [0.29, 0.717) is 23.6 Å². The summed E-state index contributed by atoms with van der Waals surface area (Å²) in [5.41, 5.74) is 1.34. The molecule has 0 aliphatic rings. The first kappa shape index (κ1) is 15.2. The quantitative estimate of drug-likeness (QED) is 0.828. The fourth-order valence-corrected chi connectivity index (χ4v) is 1.67. The highest BCUT2D eigenvalue weighted by molar-refractivity contribution is 5.91. The molecule has 0 saturated carbocycles. The first-order valence-corrected chi connectivity index (χ1v) is 6.52. The molecule has 4 heteroatoms. The van der Waals surface area contributed by atoms with E-state index in [4.69, 9.17) is 5.11 Å². The molecule has 0 aliphatic carbocycles. The summed E-state index contributed by atoms with van der Waals surface area (Å²) in [6.07, 6.45) is 1.33. The maximum absolute atomic E-state index is 11.7. The normalized spacial score (nSPS) is 12.2. The van der Waals surface area contributed by atoms with Gasteiger partial charge in [0.15, 0.2) is 0 Å². The molecule has 0 spiro atoms. The predicted octanol–water partition coefficient (Wildman–Crippen LogP) is 3.25. The Kier molecular flexibility index (Phi) is 5.55. The van der Waals surface area contributed by atoms with Crippen molar-refractivity contribution in [2.75, 3.05) is 5.32 Å². The highest BCUT2D eigenvalue weighted by atomic mass is 16.4. The van der Waals surface area contributed by atoms with E-state index in [1.807, 2.05) is 0 Å². The Balaban J connectivity index is 2.67. The van der Waals surface area contributed by atoms with Gasteiger partial charge in [0.05, 0.1) is 5.92 Å². The molecule has 1 rings (SSSR count). The van der Waals surface area contributed by atoms with E-state index in [-0.39, 0.29) is 5.91 Å². The first-order valence-electron chi connectivity index (χ1n) is 6.52. The molecule has 0 saturated heterocycles. The number of benzene rings is 1. The molecular weight excluding hydrogens is 242 g/mol. The average Bonchev–Trinajstić information content (AvgIpc) is 2.35. The van der Waals surface area contributed by atoms with Gasteiger partial charge in [0.25, 0.3) is 0 Å². The molecule has 19 heavy (non-hydrogen) atoms. The van der Waals surface area contributed by atoms with Crippen LogP contribution in [0.5, 0.6) is 0 Å². The van der Waals surface area contributed by atoms with E-state index in [9.17, 15) is 9.59 Å². The molecule has 0 fully saturated rings. The highest BCUT2D eigenvalue weighted by Crippen LogP contribution is 2.19. The van der Waals surface area contributed by atoms with Gasteiger partial charge >= 0.3 is 5.97 Å². The second-order valence-corrected chi connectivity index (χ2v) is 5.17. The van der Waals surface area contributed by atoms with Crippen LogP contribution in [0.1, 0.15) is 45.1 Å². The largest absolute Gasteiger partial charge is 0.481 e. The molecular formula is C15H21NO3. The van der Waals surface area contributed by atoms with Crippen molar-refractivity contribution in [2.45, 2.75) is 39.5 Å². The molecule has 0 heterocycles. The number of hydrogen-bond donors (Lipinski definition) is 2.